The average molecular weight is 317 g/mol. The van der Waals surface area contributed by atoms with Gasteiger partial charge in [0.05, 0.1) is 0 Å². The number of carbonyl (C=O) groups is 2. The molecule has 1 aliphatic rings. The Kier molecular flexibility index (Phi) is 3.39. The summed E-state index contributed by atoms with van der Waals surface area (Å²) in [5.41, 5.74) is 1.35. The van der Waals surface area contributed by atoms with E-state index in [9.17, 15) is 18.4 Å². The maximum absolute atomic E-state index is 14.5. The van der Waals surface area contributed by atoms with Crippen LogP contribution in [0.25, 0.3) is 11.1 Å². The van der Waals surface area contributed by atoms with Crippen molar-refractivity contribution in [1.29, 1.82) is 0 Å². The number of rotatable bonds is 3. The van der Waals surface area contributed by atoms with E-state index >= 15 is 0 Å². The lowest BCUT2D eigenvalue weighted by Crippen LogP contribution is -2.29. The summed E-state index contributed by atoms with van der Waals surface area (Å²) in [6.45, 7) is 1.21. The number of alkyl halides is 2. The molecule has 0 spiro atoms. The van der Waals surface area contributed by atoms with Crippen molar-refractivity contribution < 1.29 is 23.5 Å². The first-order chi connectivity index (χ1) is 10.8. The topological polar surface area (TPSA) is 66.4 Å². The maximum Gasteiger partial charge on any atom is 0.322 e. The van der Waals surface area contributed by atoms with E-state index < -0.39 is 24.3 Å². The van der Waals surface area contributed by atoms with Gasteiger partial charge in [-0.3, -0.25) is 9.59 Å². The van der Waals surface area contributed by atoms with Gasteiger partial charge in [0.25, 0.3) is 11.8 Å². The van der Waals surface area contributed by atoms with Crippen molar-refractivity contribution in [3.63, 3.8) is 0 Å². The fourth-order valence-electron chi connectivity index (χ4n) is 2.74. The highest BCUT2D eigenvalue weighted by Gasteiger charge is 2.44. The summed E-state index contributed by atoms with van der Waals surface area (Å²) in [7, 11) is 0. The standard InChI is InChI=1S/C17H13F2NO3/c1-9-2-4-11-12-7-10(16(23)20-8-15(21)22)3-5-13(12)17(18,19)14(11)6-9/h2-7H,8H2,1H3,(H,20,23)(H,21,22). The van der Waals surface area contributed by atoms with Gasteiger partial charge in [-0.2, -0.15) is 8.78 Å². The van der Waals surface area contributed by atoms with Gasteiger partial charge in [-0.05, 0) is 36.2 Å². The summed E-state index contributed by atoms with van der Waals surface area (Å²) in [5.74, 6) is -4.89. The molecule has 0 bridgehead atoms. The smallest absolute Gasteiger partial charge is 0.322 e. The number of benzene rings is 2. The summed E-state index contributed by atoms with van der Waals surface area (Å²) < 4.78 is 29.0. The molecule has 1 aliphatic carbocycles. The highest BCUT2D eigenvalue weighted by atomic mass is 19.3. The molecule has 0 fully saturated rings. The molecule has 0 atom stereocenters. The highest BCUT2D eigenvalue weighted by Crippen LogP contribution is 2.51. The Morgan fingerprint density at radius 2 is 1.83 bits per heavy atom. The van der Waals surface area contributed by atoms with E-state index in [0.29, 0.717) is 11.1 Å². The second kappa shape index (κ2) is 5.15. The normalized spacial score (nSPS) is 14.0. The molecular formula is C17H13F2NO3. The van der Waals surface area contributed by atoms with Gasteiger partial charge in [0.15, 0.2) is 0 Å². The Bertz CT molecular complexity index is 831. The van der Waals surface area contributed by atoms with Gasteiger partial charge >= 0.3 is 5.97 Å². The fourth-order valence-corrected chi connectivity index (χ4v) is 2.74. The lowest BCUT2D eigenvalue weighted by atomic mass is 10.0. The van der Waals surface area contributed by atoms with Gasteiger partial charge in [-0.15, -0.1) is 0 Å². The molecule has 1 amide bonds. The van der Waals surface area contributed by atoms with Crippen LogP contribution in [0.3, 0.4) is 0 Å². The number of aryl methyl sites for hydroxylation is 1. The SMILES string of the molecule is Cc1ccc2c(c1)C(F)(F)c1ccc(C(=O)NCC(=O)O)cc1-2. The minimum absolute atomic E-state index is 0.0735. The Morgan fingerprint density at radius 1 is 1.09 bits per heavy atom. The largest absolute Gasteiger partial charge is 0.480 e. The molecule has 2 N–H and O–H groups in total. The summed E-state index contributed by atoms with van der Waals surface area (Å²) >= 11 is 0. The van der Waals surface area contributed by atoms with E-state index in [1.54, 1.807) is 19.1 Å². The molecule has 0 heterocycles. The zero-order valence-corrected chi connectivity index (χ0v) is 12.2. The third kappa shape index (κ3) is 2.46. The molecule has 0 aromatic heterocycles. The third-order valence-electron chi connectivity index (χ3n) is 3.82. The van der Waals surface area contributed by atoms with Crippen LogP contribution in [-0.2, 0) is 10.7 Å². The van der Waals surface area contributed by atoms with Gasteiger partial charge in [0.1, 0.15) is 6.54 Å². The molecule has 4 nitrogen and oxygen atoms in total. The minimum atomic E-state index is -3.10. The number of nitrogens with one attached hydrogen (secondary N) is 1. The molecule has 0 aliphatic heterocycles. The quantitative estimate of drug-likeness (QED) is 0.915. The van der Waals surface area contributed by atoms with E-state index in [1.165, 1.54) is 24.3 Å². The van der Waals surface area contributed by atoms with Gasteiger partial charge in [-0.1, -0.05) is 23.8 Å². The van der Waals surface area contributed by atoms with Crippen LogP contribution < -0.4 is 5.32 Å². The van der Waals surface area contributed by atoms with Crippen LogP contribution in [0.15, 0.2) is 36.4 Å². The first-order valence-corrected chi connectivity index (χ1v) is 6.94. The zero-order chi connectivity index (χ0) is 16.8. The van der Waals surface area contributed by atoms with Gasteiger partial charge in [-0.25, -0.2) is 0 Å². The summed E-state index contributed by atoms with van der Waals surface area (Å²) in [4.78, 5) is 22.4. The number of amides is 1. The Labute approximate surface area is 130 Å². The van der Waals surface area contributed by atoms with Crippen molar-refractivity contribution in [2.24, 2.45) is 0 Å². The number of halogens is 2. The predicted molar refractivity (Wildman–Crippen MR) is 79.6 cm³/mol. The number of carboxylic acids is 1. The summed E-state index contributed by atoms with van der Waals surface area (Å²) in [6.07, 6.45) is 0. The van der Waals surface area contributed by atoms with Gasteiger partial charge < -0.3 is 10.4 Å². The lowest BCUT2D eigenvalue weighted by molar-refractivity contribution is -0.135. The minimum Gasteiger partial charge on any atom is -0.480 e. The van der Waals surface area contributed by atoms with E-state index in [4.69, 9.17) is 5.11 Å². The van der Waals surface area contributed by atoms with Crippen molar-refractivity contribution in [3.05, 3.63) is 58.7 Å². The molecular weight excluding hydrogens is 304 g/mol. The van der Waals surface area contributed by atoms with E-state index in [1.807, 2.05) is 0 Å². The van der Waals surface area contributed by atoms with Crippen LogP contribution >= 0.6 is 0 Å². The summed E-state index contributed by atoms with van der Waals surface area (Å²) in [6, 6.07) is 8.68. The van der Waals surface area contributed by atoms with Crippen LogP contribution in [0.4, 0.5) is 8.78 Å². The van der Waals surface area contributed by atoms with Crippen LogP contribution in [0.1, 0.15) is 27.0 Å². The predicted octanol–water partition coefficient (Wildman–Crippen LogP) is 2.93. The number of fused-ring (bicyclic) bond motifs is 3. The van der Waals surface area contributed by atoms with Crippen molar-refractivity contribution >= 4 is 11.9 Å². The first-order valence-electron chi connectivity index (χ1n) is 6.94. The average Bonchev–Trinajstić information content (AvgIpc) is 2.72. The van der Waals surface area contributed by atoms with Gasteiger partial charge in [0, 0.05) is 16.7 Å². The van der Waals surface area contributed by atoms with E-state index in [-0.39, 0.29) is 16.7 Å². The molecule has 6 heteroatoms. The second-order valence-electron chi connectivity index (χ2n) is 5.46. The molecule has 0 saturated carbocycles. The third-order valence-corrected chi connectivity index (χ3v) is 3.82. The number of carboxylic acid groups (broad SMARTS) is 1. The van der Waals surface area contributed by atoms with Crippen molar-refractivity contribution in [1.82, 2.24) is 5.32 Å². The van der Waals surface area contributed by atoms with E-state index in [2.05, 4.69) is 5.32 Å². The Balaban J connectivity index is 2.05. The maximum atomic E-state index is 14.5. The van der Waals surface area contributed by atoms with Crippen molar-refractivity contribution in [3.8, 4) is 11.1 Å². The Hall–Kier alpha value is -2.76. The van der Waals surface area contributed by atoms with Crippen molar-refractivity contribution in [2.45, 2.75) is 12.8 Å². The van der Waals surface area contributed by atoms with Crippen LogP contribution in [-0.4, -0.2) is 23.5 Å². The first kappa shape index (κ1) is 15.1. The molecule has 2 aromatic rings. The highest BCUT2D eigenvalue weighted by molar-refractivity contribution is 5.98. The number of hydrogen-bond acceptors (Lipinski definition) is 2. The molecule has 2 aromatic carbocycles. The fraction of sp³-hybridized carbons (Fsp3) is 0.176. The number of hydrogen-bond donors (Lipinski definition) is 2. The Morgan fingerprint density at radius 3 is 2.52 bits per heavy atom. The van der Waals surface area contributed by atoms with Gasteiger partial charge in [0.2, 0.25) is 0 Å². The van der Waals surface area contributed by atoms with Crippen LogP contribution in [0.2, 0.25) is 0 Å². The molecule has 0 radical (unpaired) electrons. The second-order valence-corrected chi connectivity index (χ2v) is 5.46. The summed E-state index contributed by atoms with van der Waals surface area (Å²) in [5, 5.41) is 10.8. The molecule has 118 valence electrons. The molecule has 0 unspecified atom stereocenters. The zero-order valence-electron chi connectivity index (χ0n) is 12.2. The van der Waals surface area contributed by atoms with Crippen LogP contribution in [0.5, 0.6) is 0 Å². The lowest BCUT2D eigenvalue weighted by Gasteiger charge is -2.12. The monoisotopic (exact) mass is 317 g/mol. The number of carbonyl (C=O) groups excluding carboxylic acids is 1. The van der Waals surface area contributed by atoms with E-state index in [0.717, 1.165) is 5.56 Å². The molecule has 23 heavy (non-hydrogen) atoms. The number of aliphatic carboxylic acids is 1. The van der Waals surface area contributed by atoms with Crippen molar-refractivity contribution in [2.75, 3.05) is 6.54 Å². The van der Waals surface area contributed by atoms with Crippen LogP contribution in [0, 0.1) is 6.92 Å². The molecule has 3 rings (SSSR count). The molecule has 0 saturated heterocycles.